The molecule has 0 spiro atoms. The van der Waals surface area contributed by atoms with Gasteiger partial charge in [0.15, 0.2) is 0 Å². The van der Waals surface area contributed by atoms with Gasteiger partial charge in [0.1, 0.15) is 0 Å². The highest BCUT2D eigenvalue weighted by Gasteiger charge is 2.40. The van der Waals surface area contributed by atoms with Crippen LogP contribution in [0.4, 0.5) is 0 Å². The van der Waals surface area contributed by atoms with Crippen LogP contribution in [0.15, 0.2) is 0 Å². The quantitative estimate of drug-likeness (QED) is 0.850. The highest BCUT2D eigenvalue weighted by molar-refractivity contribution is 5.76. The van der Waals surface area contributed by atoms with Crippen LogP contribution in [0.3, 0.4) is 0 Å². The number of rotatable bonds is 4. The van der Waals surface area contributed by atoms with Crippen molar-refractivity contribution in [3.63, 3.8) is 0 Å². The molecular formula is C16H30N2O. The predicted octanol–water partition coefficient (Wildman–Crippen LogP) is 2.64. The minimum absolute atomic E-state index is 0.00290. The minimum atomic E-state index is -0.0533. The Hall–Kier alpha value is -0.570. The summed E-state index contributed by atoms with van der Waals surface area (Å²) in [7, 11) is 1.95. The van der Waals surface area contributed by atoms with Gasteiger partial charge < -0.3 is 10.6 Å². The first-order valence-corrected chi connectivity index (χ1v) is 7.77. The Balaban J connectivity index is 1.80. The van der Waals surface area contributed by atoms with Gasteiger partial charge in [-0.25, -0.2) is 0 Å². The molecule has 2 saturated carbocycles. The SMILES string of the molecule is CN(CC1CC2CCC1C2)C(=O)CC(N)C(C)(C)C. The Kier molecular flexibility index (Phi) is 4.24. The van der Waals surface area contributed by atoms with Crippen LogP contribution in [-0.2, 0) is 4.79 Å². The van der Waals surface area contributed by atoms with E-state index >= 15 is 0 Å². The predicted molar refractivity (Wildman–Crippen MR) is 78.6 cm³/mol. The normalized spacial score (nSPS) is 31.5. The number of nitrogens with two attached hydrogens (primary N) is 1. The fourth-order valence-corrected chi connectivity index (χ4v) is 3.70. The third kappa shape index (κ3) is 3.50. The van der Waals surface area contributed by atoms with Gasteiger partial charge in [0.05, 0.1) is 0 Å². The molecule has 2 fully saturated rings. The summed E-state index contributed by atoms with van der Waals surface area (Å²) < 4.78 is 0. The molecule has 1 amide bonds. The van der Waals surface area contributed by atoms with E-state index in [1.807, 2.05) is 11.9 Å². The van der Waals surface area contributed by atoms with Crippen molar-refractivity contribution in [3.05, 3.63) is 0 Å². The van der Waals surface area contributed by atoms with Gasteiger partial charge in [-0.05, 0) is 42.4 Å². The van der Waals surface area contributed by atoms with E-state index in [0.717, 1.165) is 24.3 Å². The molecule has 19 heavy (non-hydrogen) atoms. The average molecular weight is 266 g/mol. The number of nitrogens with zero attached hydrogens (tertiary/aromatic N) is 1. The molecule has 3 heteroatoms. The standard InChI is InChI=1S/C16H30N2O/c1-16(2,3)14(17)9-15(19)18(4)10-13-8-11-5-6-12(13)7-11/h11-14H,5-10,17H2,1-4H3. The van der Waals surface area contributed by atoms with Crippen molar-refractivity contribution in [2.24, 2.45) is 28.9 Å². The Morgan fingerprint density at radius 1 is 1.32 bits per heavy atom. The van der Waals surface area contributed by atoms with E-state index in [-0.39, 0.29) is 17.4 Å². The fraction of sp³-hybridized carbons (Fsp3) is 0.938. The molecular weight excluding hydrogens is 236 g/mol. The zero-order valence-electron chi connectivity index (χ0n) is 13.0. The maximum absolute atomic E-state index is 12.2. The molecule has 2 aliphatic rings. The molecule has 0 heterocycles. The molecule has 0 aromatic carbocycles. The van der Waals surface area contributed by atoms with Crippen LogP contribution in [0.5, 0.6) is 0 Å². The van der Waals surface area contributed by atoms with Crippen molar-refractivity contribution in [2.75, 3.05) is 13.6 Å². The van der Waals surface area contributed by atoms with E-state index in [1.54, 1.807) is 0 Å². The lowest BCUT2D eigenvalue weighted by Crippen LogP contribution is -2.42. The summed E-state index contributed by atoms with van der Waals surface area (Å²) in [5.74, 6) is 2.80. The molecule has 3 nitrogen and oxygen atoms in total. The monoisotopic (exact) mass is 266 g/mol. The molecule has 4 unspecified atom stereocenters. The number of carbonyl (C=O) groups excluding carboxylic acids is 1. The van der Waals surface area contributed by atoms with Gasteiger partial charge in [-0.1, -0.05) is 27.2 Å². The van der Waals surface area contributed by atoms with Gasteiger partial charge >= 0.3 is 0 Å². The summed E-state index contributed by atoms with van der Waals surface area (Å²) in [5, 5.41) is 0. The number of hydrogen-bond donors (Lipinski definition) is 1. The van der Waals surface area contributed by atoms with E-state index in [9.17, 15) is 4.79 Å². The summed E-state index contributed by atoms with van der Waals surface area (Å²) in [5.41, 5.74) is 6.11. The largest absolute Gasteiger partial charge is 0.345 e. The molecule has 0 aromatic heterocycles. The summed E-state index contributed by atoms with van der Waals surface area (Å²) in [6, 6.07) is -0.0533. The van der Waals surface area contributed by atoms with Crippen LogP contribution in [-0.4, -0.2) is 30.4 Å². The maximum Gasteiger partial charge on any atom is 0.223 e. The third-order valence-electron chi connectivity index (χ3n) is 5.33. The molecule has 4 atom stereocenters. The van der Waals surface area contributed by atoms with Crippen molar-refractivity contribution in [2.45, 2.75) is 58.9 Å². The molecule has 2 N–H and O–H groups in total. The molecule has 2 aliphatic carbocycles. The average Bonchev–Trinajstić information content (AvgIpc) is 2.89. The third-order valence-corrected chi connectivity index (χ3v) is 5.33. The second-order valence-corrected chi connectivity index (χ2v) is 7.89. The van der Waals surface area contributed by atoms with Gasteiger partial charge in [0.2, 0.25) is 5.91 Å². The van der Waals surface area contributed by atoms with Crippen LogP contribution < -0.4 is 5.73 Å². The van der Waals surface area contributed by atoms with E-state index in [4.69, 9.17) is 5.73 Å². The smallest absolute Gasteiger partial charge is 0.223 e. The Bertz CT molecular complexity index is 334. The molecule has 2 rings (SSSR count). The van der Waals surface area contributed by atoms with Crippen LogP contribution in [0.25, 0.3) is 0 Å². The van der Waals surface area contributed by atoms with Gasteiger partial charge in [0.25, 0.3) is 0 Å². The van der Waals surface area contributed by atoms with Gasteiger partial charge in [0, 0.05) is 26.1 Å². The number of carbonyl (C=O) groups is 1. The molecule has 110 valence electrons. The number of hydrogen-bond acceptors (Lipinski definition) is 2. The highest BCUT2D eigenvalue weighted by atomic mass is 16.2. The summed E-state index contributed by atoms with van der Waals surface area (Å²) in [4.78, 5) is 14.2. The van der Waals surface area contributed by atoms with E-state index in [0.29, 0.717) is 6.42 Å². The summed E-state index contributed by atoms with van der Waals surface area (Å²) >= 11 is 0. The Morgan fingerprint density at radius 2 is 2.00 bits per heavy atom. The van der Waals surface area contributed by atoms with Crippen molar-refractivity contribution in [3.8, 4) is 0 Å². The van der Waals surface area contributed by atoms with Gasteiger partial charge in [-0.15, -0.1) is 0 Å². The number of fused-ring (bicyclic) bond motifs is 2. The van der Waals surface area contributed by atoms with Gasteiger partial charge in [-0.2, -0.15) is 0 Å². The minimum Gasteiger partial charge on any atom is -0.345 e. The van der Waals surface area contributed by atoms with Crippen LogP contribution in [0, 0.1) is 23.2 Å². The van der Waals surface area contributed by atoms with Crippen LogP contribution in [0.1, 0.15) is 52.9 Å². The second-order valence-electron chi connectivity index (χ2n) is 7.89. The Morgan fingerprint density at radius 3 is 2.47 bits per heavy atom. The summed E-state index contributed by atoms with van der Waals surface area (Å²) in [6.45, 7) is 7.24. The first-order valence-electron chi connectivity index (χ1n) is 7.77. The molecule has 2 bridgehead atoms. The molecule has 0 aliphatic heterocycles. The first-order chi connectivity index (χ1) is 8.77. The van der Waals surface area contributed by atoms with Crippen LogP contribution in [0.2, 0.25) is 0 Å². The lowest BCUT2D eigenvalue weighted by molar-refractivity contribution is -0.131. The van der Waals surface area contributed by atoms with Gasteiger partial charge in [-0.3, -0.25) is 4.79 Å². The van der Waals surface area contributed by atoms with Crippen molar-refractivity contribution >= 4 is 5.91 Å². The molecule has 0 aromatic rings. The van der Waals surface area contributed by atoms with E-state index in [1.165, 1.54) is 25.7 Å². The fourth-order valence-electron chi connectivity index (χ4n) is 3.70. The lowest BCUT2D eigenvalue weighted by atomic mass is 9.85. The second kappa shape index (κ2) is 5.43. The number of amides is 1. The van der Waals surface area contributed by atoms with Crippen LogP contribution >= 0.6 is 0 Å². The molecule has 0 saturated heterocycles. The van der Waals surface area contributed by atoms with Crippen molar-refractivity contribution in [1.82, 2.24) is 4.90 Å². The van der Waals surface area contributed by atoms with Crippen molar-refractivity contribution < 1.29 is 4.79 Å². The topological polar surface area (TPSA) is 46.3 Å². The highest BCUT2D eigenvalue weighted by Crippen LogP contribution is 2.48. The maximum atomic E-state index is 12.2. The van der Waals surface area contributed by atoms with E-state index < -0.39 is 0 Å². The zero-order chi connectivity index (χ0) is 14.2. The Labute approximate surface area is 117 Å². The first kappa shape index (κ1) is 14.8. The van der Waals surface area contributed by atoms with E-state index in [2.05, 4.69) is 20.8 Å². The lowest BCUT2D eigenvalue weighted by Gasteiger charge is -2.31. The van der Waals surface area contributed by atoms with Crippen molar-refractivity contribution in [1.29, 1.82) is 0 Å². The molecule has 0 radical (unpaired) electrons. The summed E-state index contributed by atoms with van der Waals surface area (Å²) in [6.07, 6.45) is 6.04. The zero-order valence-corrected chi connectivity index (χ0v) is 13.0.